The predicted molar refractivity (Wildman–Crippen MR) is 77.1 cm³/mol. The number of benzene rings is 1. The minimum Gasteiger partial charge on any atom is -0.441 e. The normalized spacial score (nSPS) is 19.0. The van der Waals surface area contributed by atoms with Crippen molar-refractivity contribution in [3.05, 3.63) is 41.3 Å². The van der Waals surface area contributed by atoms with E-state index < -0.39 is 11.6 Å². The van der Waals surface area contributed by atoms with Gasteiger partial charge in [0.15, 0.2) is 0 Å². The number of rotatable bonds is 4. The Morgan fingerprint density at radius 3 is 2.73 bits per heavy atom. The number of aryl methyl sites for hydroxylation is 1. The lowest BCUT2D eigenvalue weighted by molar-refractivity contribution is 0.152. The maximum absolute atomic E-state index is 13.3. The number of likely N-dealkylation sites (tertiary alicyclic amines) is 1. The molecule has 3 rings (SSSR count). The molecular weight excluding hydrogens is 290 g/mol. The number of hydrogen-bond acceptors (Lipinski definition) is 4. The fourth-order valence-corrected chi connectivity index (χ4v) is 2.88. The number of hydrogen-bond donors (Lipinski definition) is 1. The number of aliphatic hydroxyl groups excluding tert-OH is 1. The first kappa shape index (κ1) is 15.1. The molecule has 4 nitrogen and oxygen atoms in total. The molecule has 1 atom stereocenters. The highest BCUT2D eigenvalue weighted by Gasteiger charge is 2.25. The van der Waals surface area contributed by atoms with Crippen molar-refractivity contribution in [3.8, 4) is 11.5 Å². The van der Waals surface area contributed by atoms with E-state index in [0.29, 0.717) is 12.3 Å². The predicted octanol–water partition coefficient (Wildman–Crippen LogP) is 2.88. The van der Waals surface area contributed by atoms with E-state index in [4.69, 9.17) is 4.42 Å². The number of oxazole rings is 1. The highest BCUT2D eigenvalue weighted by molar-refractivity contribution is 5.53. The van der Waals surface area contributed by atoms with Gasteiger partial charge in [-0.05, 0) is 38.4 Å². The van der Waals surface area contributed by atoms with Crippen LogP contribution in [0.4, 0.5) is 8.78 Å². The summed E-state index contributed by atoms with van der Waals surface area (Å²) in [6, 6.07) is 3.36. The van der Waals surface area contributed by atoms with Crippen LogP contribution in [-0.4, -0.2) is 34.2 Å². The van der Waals surface area contributed by atoms with Crippen LogP contribution < -0.4 is 0 Å². The maximum Gasteiger partial charge on any atom is 0.226 e. The van der Waals surface area contributed by atoms with Gasteiger partial charge in [0, 0.05) is 24.2 Å². The second-order valence-corrected chi connectivity index (χ2v) is 5.63. The minimum absolute atomic E-state index is 0.124. The number of halogens is 2. The van der Waals surface area contributed by atoms with Crippen LogP contribution >= 0.6 is 0 Å². The molecule has 1 saturated heterocycles. The van der Waals surface area contributed by atoms with Crippen LogP contribution in [0.25, 0.3) is 11.5 Å². The van der Waals surface area contributed by atoms with Crippen molar-refractivity contribution in [1.82, 2.24) is 9.88 Å². The smallest absolute Gasteiger partial charge is 0.226 e. The zero-order valence-electron chi connectivity index (χ0n) is 12.4. The molecule has 1 N–H and O–H groups in total. The summed E-state index contributed by atoms with van der Waals surface area (Å²) >= 11 is 0. The Morgan fingerprint density at radius 2 is 2.05 bits per heavy atom. The maximum atomic E-state index is 13.3. The summed E-state index contributed by atoms with van der Waals surface area (Å²) < 4.78 is 32.2. The van der Waals surface area contributed by atoms with Crippen molar-refractivity contribution in [3.63, 3.8) is 0 Å². The Kier molecular flexibility index (Phi) is 4.22. The summed E-state index contributed by atoms with van der Waals surface area (Å²) in [6.45, 7) is 3.38. The van der Waals surface area contributed by atoms with Crippen LogP contribution in [-0.2, 0) is 6.54 Å². The topological polar surface area (TPSA) is 49.5 Å². The van der Waals surface area contributed by atoms with Gasteiger partial charge in [0.25, 0.3) is 0 Å². The van der Waals surface area contributed by atoms with Gasteiger partial charge in [-0.15, -0.1) is 0 Å². The van der Waals surface area contributed by atoms with Gasteiger partial charge in [-0.3, -0.25) is 4.90 Å². The molecule has 1 aromatic heterocycles. The molecule has 2 aromatic rings. The first-order valence-corrected chi connectivity index (χ1v) is 7.34. The van der Waals surface area contributed by atoms with Gasteiger partial charge in [0.2, 0.25) is 5.89 Å². The molecule has 6 heteroatoms. The molecule has 0 bridgehead atoms. The molecule has 0 radical (unpaired) electrons. The van der Waals surface area contributed by atoms with Crippen LogP contribution in [0.15, 0.2) is 22.6 Å². The standard InChI is InChI=1S/C16H18F2N2O2/c1-10-15(8-20-4-2-3-14(20)9-21)19-16(22-10)11-5-12(17)7-13(18)6-11/h5-7,14,21H,2-4,8-9H2,1H3/t14-/m0/s1. The SMILES string of the molecule is Cc1oc(-c2cc(F)cc(F)c2)nc1CN1CCC[C@H]1CO. The van der Waals surface area contributed by atoms with Gasteiger partial charge in [0.1, 0.15) is 17.4 Å². The van der Waals surface area contributed by atoms with Crippen molar-refractivity contribution in [2.45, 2.75) is 32.4 Å². The molecule has 0 unspecified atom stereocenters. The second kappa shape index (κ2) is 6.14. The van der Waals surface area contributed by atoms with Crippen LogP contribution in [0.2, 0.25) is 0 Å². The first-order chi connectivity index (χ1) is 10.6. The van der Waals surface area contributed by atoms with Gasteiger partial charge in [-0.25, -0.2) is 13.8 Å². The van der Waals surface area contributed by atoms with Gasteiger partial charge in [-0.2, -0.15) is 0 Å². The molecule has 1 fully saturated rings. The summed E-state index contributed by atoms with van der Waals surface area (Å²) in [7, 11) is 0. The van der Waals surface area contributed by atoms with Crippen molar-refractivity contribution in [1.29, 1.82) is 0 Å². The summed E-state index contributed by atoms with van der Waals surface area (Å²) in [6.07, 6.45) is 2.01. The average Bonchev–Trinajstić information content (AvgIpc) is 3.05. The van der Waals surface area contributed by atoms with Gasteiger partial charge >= 0.3 is 0 Å². The number of aromatic nitrogens is 1. The van der Waals surface area contributed by atoms with Crippen LogP contribution in [0, 0.1) is 18.6 Å². The number of nitrogens with zero attached hydrogens (tertiary/aromatic N) is 2. The Bertz CT molecular complexity index is 652. The molecule has 0 saturated carbocycles. The van der Waals surface area contributed by atoms with Crippen molar-refractivity contribution in [2.75, 3.05) is 13.2 Å². The van der Waals surface area contributed by atoms with Crippen LogP contribution in [0.5, 0.6) is 0 Å². The molecule has 1 aliphatic heterocycles. The molecule has 2 heterocycles. The Hall–Kier alpha value is -1.79. The Labute approximate surface area is 127 Å². The van der Waals surface area contributed by atoms with Gasteiger partial charge in [0.05, 0.1) is 12.3 Å². The van der Waals surface area contributed by atoms with Crippen molar-refractivity contribution >= 4 is 0 Å². The fourth-order valence-electron chi connectivity index (χ4n) is 2.88. The Balaban J connectivity index is 1.84. The van der Waals surface area contributed by atoms with Crippen LogP contribution in [0.1, 0.15) is 24.3 Å². The summed E-state index contributed by atoms with van der Waals surface area (Å²) in [5.41, 5.74) is 1.02. The first-order valence-electron chi connectivity index (χ1n) is 7.34. The Morgan fingerprint density at radius 1 is 1.32 bits per heavy atom. The summed E-state index contributed by atoms with van der Waals surface area (Å²) in [5, 5.41) is 9.36. The van der Waals surface area contributed by atoms with Gasteiger partial charge in [-0.1, -0.05) is 0 Å². The lowest BCUT2D eigenvalue weighted by atomic mass is 10.2. The van der Waals surface area contributed by atoms with E-state index in [1.165, 1.54) is 12.1 Å². The molecule has 0 amide bonds. The molecule has 0 spiro atoms. The van der Waals surface area contributed by atoms with E-state index >= 15 is 0 Å². The second-order valence-electron chi connectivity index (χ2n) is 5.63. The van der Waals surface area contributed by atoms with Crippen molar-refractivity contribution < 1.29 is 18.3 Å². The van der Waals surface area contributed by atoms with E-state index in [9.17, 15) is 13.9 Å². The molecular formula is C16H18F2N2O2. The van der Waals surface area contributed by atoms with E-state index in [2.05, 4.69) is 9.88 Å². The summed E-state index contributed by atoms with van der Waals surface area (Å²) in [5.74, 6) is -0.478. The van der Waals surface area contributed by atoms with Gasteiger partial charge < -0.3 is 9.52 Å². The highest BCUT2D eigenvalue weighted by Crippen LogP contribution is 2.26. The fraction of sp³-hybridized carbons (Fsp3) is 0.438. The average molecular weight is 308 g/mol. The quantitative estimate of drug-likeness (QED) is 0.943. The molecule has 0 aliphatic carbocycles. The van der Waals surface area contributed by atoms with Crippen LogP contribution in [0.3, 0.4) is 0 Å². The molecule has 1 aliphatic rings. The van der Waals surface area contributed by atoms with Crippen molar-refractivity contribution in [2.24, 2.45) is 0 Å². The zero-order chi connectivity index (χ0) is 15.7. The number of aliphatic hydroxyl groups is 1. The largest absolute Gasteiger partial charge is 0.441 e. The lowest BCUT2D eigenvalue weighted by Gasteiger charge is -2.21. The lowest BCUT2D eigenvalue weighted by Crippen LogP contribution is -2.31. The van der Waals surface area contributed by atoms with E-state index in [1.807, 2.05) is 0 Å². The monoisotopic (exact) mass is 308 g/mol. The molecule has 118 valence electrons. The minimum atomic E-state index is -0.660. The summed E-state index contributed by atoms with van der Waals surface area (Å²) in [4.78, 5) is 6.52. The third-order valence-electron chi connectivity index (χ3n) is 4.06. The molecule has 22 heavy (non-hydrogen) atoms. The van der Waals surface area contributed by atoms with E-state index in [1.54, 1.807) is 6.92 Å². The highest BCUT2D eigenvalue weighted by atomic mass is 19.1. The van der Waals surface area contributed by atoms with E-state index in [0.717, 1.165) is 31.1 Å². The molecule has 1 aromatic carbocycles. The third kappa shape index (κ3) is 3.03. The zero-order valence-corrected chi connectivity index (χ0v) is 12.4. The van der Waals surface area contributed by atoms with E-state index in [-0.39, 0.29) is 24.1 Å². The third-order valence-corrected chi connectivity index (χ3v) is 4.06.